The number of carbonyl (C=O) groups excluding carboxylic acids is 2. The predicted molar refractivity (Wildman–Crippen MR) is 97.2 cm³/mol. The molecule has 2 aromatic carbocycles. The molecule has 0 fully saturated rings. The van der Waals surface area contributed by atoms with Crippen LogP contribution in [0.3, 0.4) is 0 Å². The number of amides is 1. The number of nitrogens with zero attached hydrogens (tertiary/aromatic N) is 2. The number of benzene rings is 2. The number of hydrogen-bond donors (Lipinski definition) is 2. The molecule has 134 valence electrons. The van der Waals surface area contributed by atoms with Crippen molar-refractivity contribution in [2.45, 2.75) is 19.8 Å². The number of carbonyl (C=O) groups is 2. The minimum absolute atomic E-state index is 0.0473. The lowest BCUT2D eigenvalue weighted by Gasteiger charge is -2.10. The van der Waals surface area contributed by atoms with Crippen molar-refractivity contribution < 1.29 is 19.4 Å². The van der Waals surface area contributed by atoms with Gasteiger partial charge in [0.25, 0.3) is 0 Å². The Kier molecular flexibility index (Phi) is 4.62. The molecule has 0 radical (unpaired) electrons. The third-order valence-electron chi connectivity index (χ3n) is 4.18. The zero-order valence-corrected chi connectivity index (χ0v) is 14.5. The largest absolute Gasteiger partial charge is 0.508 e. The summed E-state index contributed by atoms with van der Waals surface area (Å²) in [5.74, 6) is 0.0161. The number of aromatic hydroxyl groups is 1. The molecule has 0 aliphatic heterocycles. The molecule has 26 heavy (non-hydrogen) atoms. The third kappa shape index (κ3) is 3.23. The quantitative estimate of drug-likeness (QED) is 0.733. The summed E-state index contributed by atoms with van der Waals surface area (Å²) in [6.07, 6.45) is 0.645. The number of ether oxygens (including phenoxy) is 1. The number of aromatic nitrogens is 2. The molecule has 0 aliphatic rings. The second-order valence-electron chi connectivity index (χ2n) is 5.97. The Labute approximate surface area is 150 Å². The first-order chi connectivity index (χ1) is 12.4. The van der Waals surface area contributed by atoms with E-state index in [4.69, 9.17) is 10.5 Å². The van der Waals surface area contributed by atoms with Crippen molar-refractivity contribution in [3.05, 3.63) is 42.0 Å². The fourth-order valence-electron chi connectivity index (χ4n) is 2.92. The van der Waals surface area contributed by atoms with E-state index in [-0.39, 0.29) is 18.1 Å². The van der Waals surface area contributed by atoms with E-state index in [2.05, 4.69) is 5.10 Å². The van der Waals surface area contributed by atoms with Crippen LogP contribution in [0.5, 0.6) is 11.5 Å². The number of hydrogen-bond acceptors (Lipinski definition) is 5. The van der Waals surface area contributed by atoms with Crippen LogP contribution in [0.15, 0.2) is 36.4 Å². The van der Waals surface area contributed by atoms with E-state index < -0.39 is 5.91 Å². The number of phenolic OH excluding ortho intramolecular Hbond substituents is 1. The normalized spacial score (nSPS) is 10.8. The molecule has 1 amide bonds. The number of rotatable bonds is 5. The zero-order valence-electron chi connectivity index (χ0n) is 14.5. The number of fused-ring (bicyclic) bond motifs is 1. The average Bonchev–Trinajstić information content (AvgIpc) is 2.98. The van der Waals surface area contributed by atoms with E-state index in [1.165, 1.54) is 17.7 Å². The van der Waals surface area contributed by atoms with Gasteiger partial charge in [-0.3, -0.25) is 9.59 Å². The fourth-order valence-corrected chi connectivity index (χ4v) is 2.92. The van der Waals surface area contributed by atoms with Crippen LogP contribution in [-0.2, 0) is 11.2 Å². The van der Waals surface area contributed by atoms with Crippen molar-refractivity contribution in [1.82, 2.24) is 9.78 Å². The summed E-state index contributed by atoms with van der Waals surface area (Å²) in [5, 5.41) is 14.9. The summed E-state index contributed by atoms with van der Waals surface area (Å²) in [6, 6.07) is 10.2. The van der Waals surface area contributed by atoms with Gasteiger partial charge in [-0.2, -0.15) is 9.78 Å². The number of methoxy groups -OCH3 is 1. The van der Waals surface area contributed by atoms with E-state index in [9.17, 15) is 14.7 Å². The van der Waals surface area contributed by atoms with Crippen LogP contribution in [0.25, 0.3) is 22.2 Å². The van der Waals surface area contributed by atoms with Crippen molar-refractivity contribution in [3.63, 3.8) is 0 Å². The summed E-state index contributed by atoms with van der Waals surface area (Å²) in [7, 11) is 1.56. The molecule has 0 saturated carbocycles. The molecule has 3 rings (SSSR count). The Morgan fingerprint density at radius 1 is 1.23 bits per heavy atom. The van der Waals surface area contributed by atoms with Crippen molar-refractivity contribution in [2.24, 2.45) is 5.73 Å². The van der Waals surface area contributed by atoms with Crippen LogP contribution in [0.1, 0.15) is 23.7 Å². The van der Waals surface area contributed by atoms with Crippen molar-refractivity contribution in [1.29, 1.82) is 0 Å². The molecule has 0 bridgehead atoms. The standard InChI is InChI=1S/C19H19N3O4/c1-11(23)22-17-9-13(24)5-7-15(17)19(21-22)16-10-14(26-2)6-3-12(16)4-8-18(20)25/h3,5-7,9-10,24H,4,8H2,1-2H3,(H2,20,25). The second-order valence-corrected chi connectivity index (χ2v) is 5.97. The summed E-state index contributed by atoms with van der Waals surface area (Å²) in [5.41, 5.74) is 7.99. The Bertz CT molecular complexity index is 1010. The van der Waals surface area contributed by atoms with Crippen LogP contribution in [0.2, 0.25) is 0 Å². The first kappa shape index (κ1) is 17.5. The molecule has 0 atom stereocenters. The fraction of sp³-hybridized carbons (Fsp3) is 0.211. The van der Waals surface area contributed by atoms with Gasteiger partial charge in [0.05, 0.1) is 12.6 Å². The van der Waals surface area contributed by atoms with Gasteiger partial charge in [-0.1, -0.05) is 6.07 Å². The first-order valence-electron chi connectivity index (χ1n) is 8.09. The van der Waals surface area contributed by atoms with Gasteiger partial charge in [0.1, 0.15) is 17.2 Å². The minimum Gasteiger partial charge on any atom is -0.508 e. The molecule has 1 heterocycles. The molecule has 7 nitrogen and oxygen atoms in total. The number of phenols is 1. The van der Waals surface area contributed by atoms with Crippen molar-refractivity contribution >= 4 is 22.7 Å². The minimum atomic E-state index is -0.393. The number of aryl methyl sites for hydroxylation is 1. The summed E-state index contributed by atoms with van der Waals surface area (Å²) >= 11 is 0. The van der Waals surface area contributed by atoms with Gasteiger partial charge < -0.3 is 15.6 Å². The van der Waals surface area contributed by atoms with E-state index in [0.29, 0.717) is 28.8 Å². The first-order valence-corrected chi connectivity index (χ1v) is 8.09. The molecule has 0 unspecified atom stereocenters. The van der Waals surface area contributed by atoms with Gasteiger partial charge >= 0.3 is 0 Å². The van der Waals surface area contributed by atoms with Gasteiger partial charge in [-0.15, -0.1) is 0 Å². The summed E-state index contributed by atoms with van der Waals surface area (Å²) < 4.78 is 6.56. The zero-order chi connectivity index (χ0) is 18.8. The van der Waals surface area contributed by atoms with E-state index in [1.807, 2.05) is 12.1 Å². The van der Waals surface area contributed by atoms with Gasteiger partial charge in [0, 0.05) is 30.4 Å². The molecule has 3 N–H and O–H groups in total. The van der Waals surface area contributed by atoms with E-state index in [0.717, 1.165) is 11.1 Å². The summed E-state index contributed by atoms with van der Waals surface area (Å²) in [4.78, 5) is 23.2. The van der Waals surface area contributed by atoms with Crippen LogP contribution in [0, 0.1) is 0 Å². The highest BCUT2D eigenvalue weighted by Gasteiger charge is 2.18. The van der Waals surface area contributed by atoms with Gasteiger partial charge in [-0.05, 0) is 36.2 Å². The van der Waals surface area contributed by atoms with Crippen molar-refractivity contribution in [2.75, 3.05) is 7.11 Å². The van der Waals surface area contributed by atoms with Gasteiger partial charge in [0.2, 0.25) is 11.8 Å². The molecule has 0 spiro atoms. The van der Waals surface area contributed by atoms with Gasteiger partial charge in [0.15, 0.2) is 0 Å². The van der Waals surface area contributed by atoms with E-state index >= 15 is 0 Å². The molecule has 0 saturated heterocycles. The van der Waals surface area contributed by atoms with Crippen LogP contribution in [0.4, 0.5) is 0 Å². The van der Waals surface area contributed by atoms with Gasteiger partial charge in [-0.25, -0.2) is 0 Å². The maximum absolute atomic E-state index is 12.0. The Morgan fingerprint density at radius 3 is 2.65 bits per heavy atom. The lowest BCUT2D eigenvalue weighted by Crippen LogP contribution is -2.11. The van der Waals surface area contributed by atoms with E-state index in [1.54, 1.807) is 25.3 Å². The predicted octanol–water partition coefficient (Wildman–Crippen LogP) is 2.50. The highest BCUT2D eigenvalue weighted by atomic mass is 16.5. The third-order valence-corrected chi connectivity index (χ3v) is 4.18. The Hall–Kier alpha value is -3.35. The summed E-state index contributed by atoms with van der Waals surface area (Å²) in [6.45, 7) is 1.40. The molecular weight excluding hydrogens is 334 g/mol. The topological polar surface area (TPSA) is 107 Å². The van der Waals surface area contributed by atoms with Crippen LogP contribution < -0.4 is 10.5 Å². The molecule has 0 aliphatic carbocycles. The second kappa shape index (κ2) is 6.87. The van der Waals surface area contributed by atoms with Crippen molar-refractivity contribution in [3.8, 4) is 22.8 Å². The molecule has 1 aromatic heterocycles. The maximum Gasteiger partial charge on any atom is 0.244 e. The maximum atomic E-state index is 12.0. The highest BCUT2D eigenvalue weighted by molar-refractivity contribution is 5.99. The Morgan fingerprint density at radius 2 is 2.00 bits per heavy atom. The lowest BCUT2D eigenvalue weighted by atomic mass is 9.98. The Balaban J connectivity index is 2.25. The van der Waals surface area contributed by atoms with Crippen LogP contribution in [-0.4, -0.2) is 33.8 Å². The van der Waals surface area contributed by atoms with Crippen LogP contribution >= 0.6 is 0 Å². The number of nitrogens with two attached hydrogens (primary N) is 1. The molecule has 7 heteroatoms. The SMILES string of the molecule is COc1ccc(CCC(N)=O)c(-c2nn(C(C)=O)c3cc(O)ccc23)c1. The molecular formula is C19H19N3O4. The average molecular weight is 353 g/mol. The lowest BCUT2D eigenvalue weighted by molar-refractivity contribution is -0.117. The number of primary amides is 1. The molecule has 3 aromatic rings. The monoisotopic (exact) mass is 353 g/mol. The highest BCUT2D eigenvalue weighted by Crippen LogP contribution is 2.34. The smallest absolute Gasteiger partial charge is 0.244 e.